The number of rotatable bonds is 2. The second-order valence-corrected chi connectivity index (χ2v) is 20.1. The smallest absolute Gasteiger partial charge is 0.269 e. The average Bonchev–Trinajstić information content (AvgIpc) is 3.79. The molecule has 4 saturated carbocycles. The lowest BCUT2D eigenvalue weighted by atomic mass is 9.76. The molecule has 9 rings (SSSR count). The molecule has 4 aliphatic carbocycles. The number of hydrogen-bond acceptors (Lipinski definition) is 12. The Bertz CT molecular complexity index is 1450. The first-order valence-corrected chi connectivity index (χ1v) is 22.1. The second-order valence-electron chi connectivity index (χ2n) is 16.8. The Hall–Kier alpha value is 0.0325. The molecular formula is C32H59AlN8O6S2. The minimum atomic E-state index is -4.83. The minimum Gasteiger partial charge on any atom is -0.286 e. The van der Waals surface area contributed by atoms with E-state index in [1.54, 1.807) is 0 Å². The molecule has 49 heavy (non-hydrogen) atoms. The van der Waals surface area contributed by atoms with Gasteiger partial charge in [0.05, 0.1) is 49.3 Å². The normalized spacial score (nSPS) is 52.7. The molecule has 0 amide bonds. The molecule has 0 radical (unpaired) electrons. The zero-order chi connectivity index (χ0) is 32.9. The second kappa shape index (κ2) is 13.7. The van der Waals surface area contributed by atoms with E-state index in [1.807, 2.05) is 0 Å². The summed E-state index contributed by atoms with van der Waals surface area (Å²) in [5.74, 6) is 1.70. The van der Waals surface area contributed by atoms with Crippen molar-refractivity contribution in [2.24, 2.45) is 47.3 Å². The number of fused-ring (bicyclic) bond motifs is 20. The van der Waals surface area contributed by atoms with Crippen molar-refractivity contribution in [2.75, 3.05) is 0 Å². The van der Waals surface area contributed by atoms with Crippen LogP contribution in [0, 0.1) is 47.3 Å². The topological polar surface area (TPSA) is 205 Å². The van der Waals surface area contributed by atoms with E-state index in [2.05, 4.69) is 42.5 Å². The molecule has 17 heteroatoms. The fourth-order valence-electron chi connectivity index (χ4n) is 12.7. The molecule has 14 nitrogen and oxygen atoms in total. The van der Waals surface area contributed by atoms with E-state index in [-0.39, 0.29) is 72.9 Å². The molecule has 0 spiro atoms. The van der Waals surface area contributed by atoms with Gasteiger partial charge in [-0.05, 0) is 92.8 Å². The van der Waals surface area contributed by atoms with Crippen molar-refractivity contribution in [1.29, 1.82) is 0 Å². The standard InChI is InChI=1S/C32H56N8O6S2.Al.3H/c41-47(42,43)22-14-13-21-23(24(22)48(44,45)46)32-39-30-20-12-6-5-11-19(20)28(37-30)35-26-16-8-2-1-7-15(16)25(33-26)34-27-17-9-3-4-10-18(17)29(36-27)38-31(21)40-32;;;;/h15-40H,1-14H2,(H,41,42,43)(H,44,45,46);;;;. The van der Waals surface area contributed by atoms with E-state index in [0.29, 0.717) is 41.9 Å². The van der Waals surface area contributed by atoms with Gasteiger partial charge in [-0.15, -0.1) is 0 Å². The Labute approximate surface area is 302 Å². The fourth-order valence-corrected chi connectivity index (χ4v) is 15.7. The Morgan fingerprint density at radius 3 is 0.939 bits per heavy atom. The van der Waals surface area contributed by atoms with Crippen molar-refractivity contribution >= 4 is 37.6 Å². The highest BCUT2D eigenvalue weighted by molar-refractivity contribution is 7.90. The maximum atomic E-state index is 13.1. The molecule has 18 atom stereocenters. The van der Waals surface area contributed by atoms with Crippen LogP contribution in [-0.4, -0.2) is 103 Å². The van der Waals surface area contributed by atoms with Crippen LogP contribution in [0.1, 0.15) is 89.9 Å². The van der Waals surface area contributed by atoms with E-state index < -0.39 is 42.8 Å². The van der Waals surface area contributed by atoms with Gasteiger partial charge in [0.25, 0.3) is 20.2 Å². The summed E-state index contributed by atoms with van der Waals surface area (Å²) in [6.45, 7) is 0. The van der Waals surface area contributed by atoms with Gasteiger partial charge in [-0.2, -0.15) is 16.8 Å². The zero-order valence-electron chi connectivity index (χ0n) is 27.6. The Kier molecular flexibility index (Phi) is 10.1. The first kappa shape index (κ1) is 36.0. The molecule has 8 bridgehead atoms. The predicted octanol–water partition coefficient (Wildman–Crippen LogP) is -0.846. The largest absolute Gasteiger partial charge is 0.286 e. The van der Waals surface area contributed by atoms with E-state index in [4.69, 9.17) is 0 Å². The van der Waals surface area contributed by atoms with E-state index >= 15 is 0 Å². The maximum absolute atomic E-state index is 13.1. The summed E-state index contributed by atoms with van der Waals surface area (Å²) < 4.78 is 72.3. The molecule has 9 fully saturated rings. The van der Waals surface area contributed by atoms with Crippen molar-refractivity contribution < 1.29 is 25.9 Å². The summed E-state index contributed by atoms with van der Waals surface area (Å²) in [4.78, 5) is 0. The van der Waals surface area contributed by atoms with E-state index in [0.717, 1.165) is 32.1 Å². The number of nitrogens with one attached hydrogen (secondary N) is 8. The summed E-state index contributed by atoms with van der Waals surface area (Å²) in [6, 6.07) is 0. The highest BCUT2D eigenvalue weighted by Crippen LogP contribution is 2.47. The first-order chi connectivity index (χ1) is 23.0. The van der Waals surface area contributed by atoms with Crippen LogP contribution >= 0.6 is 0 Å². The van der Waals surface area contributed by atoms with E-state index in [1.165, 1.54) is 44.9 Å². The lowest BCUT2D eigenvalue weighted by Gasteiger charge is -2.40. The van der Waals surface area contributed by atoms with Gasteiger partial charge in [0.1, 0.15) is 10.5 Å². The first-order valence-electron chi connectivity index (χ1n) is 19.1. The van der Waals surface area contributed by atoms with Gasteiger partial charge in [-0.3, -0.25) is 51.6 Å². The third kappa shape index (κ3) is 6.41. The monoisotopic (exact) mass is 742 g/mol. The highest BCUT2D eigenvalue weighted by Gasteiger charge is 2.60. The molecule has 0 aromatic rings. The summed E-state index contributed by atoms with van der Waals surface area (Å²) >= 11 is 0. The predicted molar refractivity (Wildman–Crippen MR) is 189 cm³/mol. The maximum Gasteiger partial charge on any atom is 0.269 e. The quantitative estimate of drug-likeness (QED) is 0.124. The molecule has 5 heterocycles. The Morgan fingerprint density at radius 1 is 0.367 bits per heavy atom. The zero-order valence-corrected chi connectivity index (χ0v) is 29.3. The molecular weight excluding hydrogens is 684 g/mol. The molecule has 18 unspecified atom stereocenters. The fraction of sp³-hybridized carbons (Fsp3) is 1.00. The Morgan fingerprint density at radius 2 is 0.653 bits per heavy atom. The number of hydrogen-bond donors (Lipinski definition) is 10. The van der Waals surface area contributed by atoms with Crippen molar-refractivity contribution in [2.45, 2.75) is 150 Å². The van der Waals surface area contributed by atoms with E-state index in [9.17, 15) is 25.9 Å². The molecule has 5 aliphatic heterocycles. The van der Waals surface area contributed by atoms with Crippen LogP contribution in [0.2, 0.25) is 0 Å². The SMILES string of the molecule is O=S(=O)(O)C1CCC2C3NC4NC(NC5NC(NC6NC(NC(N3)C2C1S(=O)(=O)O)C1CCCCC61)C1CCCCC51)C1CCCCC41.[AlH3]. The van der Waals surface area contributed by atoms with Gasteiger partial charge in [0.15, 0.2) is 17.4 Å². The third-order valence-electron chi connectivity index (χ3n) is 14.6. The van der Waals surface area contributed by atoms with Crippen LogP contribution in [0.15, 0.2) is 0 Å². The highest BCUT2D eigenvalue weighted by atomic mass is 32.2. The molecule has 5 saturated heterocycles. The molecule has 278 valence electrons. The van der Waals surface area contributed by atoms with Crippen LogP contribution < -0.4 is 42.5 Å². The van der Waals surface area contributed by atoms with Crippen LogP contribution in [0.5, 0.6) is 0 Å². The average molecular weight is 743 g/mol. The molecule has 9 aliphatic rings. The van der Waals surface area contributed by atoms with Gasteiger partial charge in [-0.1, -0.05) is 38.5 Å². The third-order valence-corrected chi connectivity index (χ3v) is 17.4. The van der Waals surface area contributed by atoms with Crippen molar-refractivity contribution in [1.82, 2.24) is 42.5 Å². The summed E-state index contributed by atoms with van der Waals surface area (Å²) in [5, 5.41) is 28.3. The van der Waals surface area contributed by atoms with Crippen LogP contribution in [-0.2, 0) is 20.2 Å². The summed E-state index contributed by atoms with van der Waals surface area (Å²) in [7, 11) is -9.55. The van der Waals surface area contributed by atoms with Crippen LogP contribution in [0.25, 0.3) is 0 Å². The summed E-state index contributed by atoms with van der Waals surface area (Å²) in [6.07, 6.45) is 14.1. The van der Waals surface area contributed by atoms with Crippen molar-refractivity contribution in [3.63, 3.8) is 0 Å². The van der Waals surface area contributed by atoms with Gasteiger partial charge in [-0.25, -0.2) is 0 Å². The minimum absolute atomic E-state index is 0. The van der Waals surface area contributed by atoms with Crippen LogP contribution in [0.3, 0.4) is 0 Å². The lowest BCUT2D eigenvalue weighted by molar-refractivity contribution is 0.167. The van der Waals surface area contributed by atoms with Crippen LogP contribution in [0.4, 0.5) is 0 Å². The molecule has 0 aromatic heterocycles. The van der Waals surface area contributed by atoms with Gasteiger partial charge < -0.3 is 0 Å². The van der Waals surface area contributed by atoms with Gasteiger partial charge in [0.2, 0.25) is 0 Å². The van der Waals surface area contributed by atoms with Gasteiger partial charge >= 0.3 is 0 Å². The van der Waals surface area contributed by atoms with Crippen molar-refractivity contribution in [3.8, 4) is 0 Å². The van der Waals surface area contributed by atoms with Crippen molar-refractivity contribution in [3.05, 3.63) is 0 Å². The molecule has 10 N–H and O–H groups in total. The Balaban J connectivity index is 0.00000348. The van der Waals surface area contributed by atoms with Gasteiger partial charge in [0, 0.05) is 5.92 Å². The molecule has 0 aromatic carbocycles. The lowest BCUT2D eigenvalue weighted by Crippen LogP contribution is -2.62. The summed E-state index contributed by atoms with van der Waals surface area (Å²) in [5.41, 5.74) is 0.